The van der Waals surface area contributed by atoms with Crippen molar-refractivity contribution < 1.29 is 20.0 Å². The highest BCUT2D eigenvalue weighted by molar-refractivity contribution is 4.52. The molecule has 0 aromatic heterocycles. The maximum Gasteiger partial charge on any atom is 0.126 e. The molecule has 0 rings (SSSR count). The Morgan fingerprint density at radius 2 is 1.48 bits per heavy atom. The number of rotatable bonds is 18. The number of aliphatic hydroxyl groups is 2. The summed E-state index contributed by atoms with van der Waals surface area (Å²) >= 11 is 0. The molecule has 0 heterocycles. The molecule has 140 valence electrons. The average molecular weight is 334 g/mol. The topological polar surface area (TPSA) is 77.2 Å². The molecular formula is C18H39NO4. The first kappa shape index (κ1) is 22.8. The molecule has 5 nitrogen and oxygen atoms in total. The number of ether oxygens (including phenoxy) is 1. The van der Waals surface area contributed by atoms with E-state index in [0.717, 1.165) is 6.42 Å². The SMILES string of the molecule is CCCCCCCCCCCCOCC(O)C[NH+]([O-])CCCO. The fourth-order valence-electron chi connectivity index (χ4n) is 2.61. The third-order valence-electron chi connectivity index (χ3n) is 4.03. The molecule has 5 heteroatoms. The van der Waals surface area contributed by atoms with E-state index >= 15 is 0 Å². The molecular weight excluding hydrogens is 294 g/mol. The Morgan fingerprint density at radius 3 is 2.04 bits per heavy atom. The van der Waals surface area contributed by atoms with Crippen LogP contribution in [0.15, 0.2) is 0 Å². The van der Waals surface area contributed by atoms with Crippen molar-refractivity contribution in [1.82, 2.24) is 0 Å². The first-order valence-corrected chi connectivity index (χ1v) is 9.59. The predicted molar refractivity (Wildman–Crippen MR) is 94.4 cm³/mol. The van der Waals surface area contributed by atoms with Gasteiger partial charge in [-0.1, -0.05) is 64.7 Å². The molecule has 0 bridgehead atoms. The molecule has 0 radical (unpaired) electrons. The van der Waals surface area contributed by atoms with E-state index in [1.54, 1.807) is 0 Å². The first-order chi connectivity index (χ1) is 11.2. The number of aliphatic hydroxyl groups excluding tert-OH is 2. The predicted octanol–water partition coefficient (Wildman–Crippen LogP) is 2.05. The fourth-order valence-corrected chi connectivity index (χ4v) is 2.61. The molecule has 0 saturated heterocycles. The lowest BCUT2D eigenvalue weighted by atomic mass is 10.1. The van der Waals surface area contributed by atoms with Crippen molar-refractivity contribution in [3.8, 4) is 0 Å². The maximum absolute atomic E-state index is 11.4. The summed E-state index contributed by atoms with van der Waals surface area (Å²) in [5, 5.41) is 29.7. The van der Waals surface area contributed by atoms with Crippen LogP contribution in [-0.2, 0) is 4.74 Å². The minimum atomic E-state index is -0.704. The van der Waals surface area contributed by atoms with E-state index in [4.69, 9.17) is 9.84 Å². The quantitative estimate of drug-likeness (QED) is 0.265. The van der Waals surface area contributed by atoms with Crippen LogP contribution in [0.1, 0.15) is 77.6 Å². The number of hydrogen-bond donors (Lipinski definition) is 3. The van der Waals surface area contributed by atoms with Crippen molar-refractivity contribution in [2.75, 3.05) is 32.9 Å². The lowest BCUT2D eigenvalue weighted by molar-refractivity contribution is -0.852. The van der Waals surface area contributed by atoms with Crippen LogP contribution >= 0.6 is 0 Å². The number of hydrogen-bond acceptors (Lipinski definition) is 4. The minimum absolute atomic E-state index is 0.00548. The van der Waals surface area contributed by atoms with Crippen LogP contribution in [-0.4, -0.2) is 49.2 Å². The van der Waals surface area contributed by atoms with Gasteiger partial charge in [0.15, 0.2) is 0 Å². The average Bonchev–Trinajstić information content (AvgIpc) is 2.54. The molecule has 0 saturated carbocycles. The van der Waals surface area contributed by atoms with Crippen LogP contribution in [0.5, 0.6) is 0 Å². The largest absolute Gasteiger partial charge is 0.634 e. The molecule has 2 atom stereocenters. The van der Waals surface area contributed by atoms with Crippen molar-refractivity contribution in [2.45, 2.75) is 83.7 Å². The van der Waals surface area contributed by atoms with E-state index in [1.807, 2.05) is 0 Å². The summed E-state index contributed by atoms with van der Waals surface area (Å²) in [7, 11) is 0. The van der Waals surface area contributed by atoms with E-state index in [2.05, 4.69) is 6.92 Å². The standard InChI is InChI=1S/C18H39NO4/c1-2-3-4-5-6-7-8-9-10-11-15-23-17-18(21)16-19(22)13-12-14-20/h18-21H,2-17H2,1H3. The molecule has 0 aliphatic rings. The summed E-state index contributed by atoms with van der Waals surface area (Å²) in [5.41, 5.74) is 0. The van der Waals surface area contributed by atoms with Crippen LogP contribution in [0.25, 0.3) is 0 Å². The second-order valence-electron chi connectivity index (χ2n) is 6.48. The van der Waals surface area contributed by atoms with E-state index < -0.39 is 6.10 Å². The van der Waals surface area contributed by atoms with Crippen LogP contribution in [0.2, 0.25) is 0 Å². The first-order valence-electron chi connectivity index (χ1n) is 9.59. The van der Waals surface area contributed by atoms with Gasteiger partial charge in [-0.15, -0.1) is 0 Å². The van der Waals surface area contributed by atoms with Gasteiger partial charge in [-0.05, 0) is 6.42 Å². The normalized spacial score (nSPS) is 14.1. The van der Waals surface area contributed by atoms with Crippen molar-refractivity contribution in [1.29, 1.82) is 0 Å². The van der Waals surface area contributed by atoms with Crippen molar-refractivity contribution in [2.24, 2.45) is 0 Å². The van der Waals surface area contributed by atoms with Crippen LogP contribution in [0.3, 0.4) is 0 Å². The highest BCUT2D eigenvalue weighted by Crippen LogP contribution is 2.10. The van der Waals surface area contributed by atoms with Gasteiger partial charge >= 0.3 is 0 Å². The third-order valence-corrected chi connectivity index (χ3v) is 4.03. The van der Waals surface area contributed by atoms with Gasteiger partial charge in [-0.3, -0.25) is 0 Å². The zero-order valence-corrected chi connectivity index (χ0v) is 15.1. The molecule has 23 heavy (non-hydrogen) atoms. The Hall–Kier alpha value is -0.200. The monoisotopic (exact) mass is 333 g/mol. The smallest absolute Gasteiger partial charge is 0.126 e. The van der Waals surface area contributed by atoms with Gasteiger partial charge < -0.3 is 25.2 Å². The molecule has 0 fully saturated rings. The van der Waals surface area contributed by atoms with Crippen molar-refractivity contribution in [3.05, 3.63) is 5.21 Å². The second kappa shape index (κ2) is 18.1. The highest BCUT2D eigenvalue weighted by Gasteiger charge is 2.08. The highest BCUT2D eigenvalue weighted by atomic mass is 16.5. The van der Waals surface area contributed by atoms with Gasteiger partial charge in [0.25, 0.3) is 0 Å². The lowest BCUT2D eigenvalue weighted by Crippen LogP contribution is -3.08. The van der Waals surface area contributed by atoms with E-state index in [0.29, 0.717) is 19.6 Å². The number of nitrogens with one attached hydrogen (secondary N) is 1. The summed E-state index contributed by atoms with van der Waals surface area (Å²) in [4.78, 5) is 0. The molecule has 0 spiro atoms. The van der Waals surface area contributed by atoms with E-state index in [9.17, 15) is 10.3 Å². The molecule has 2 unspecified atom stereocenters. The summed E-state index contributed by atoms with van der Waals surface area (Å²) in [6.45, 7) is 3.65. The van der Waals surface area contributed by atoms with Gasteiger partial charge in [0.2, 0.25) is 0 Å². The third kappa shape index (κ3) is 18.0. The Kier molecular flexibility index (Phi) is 18.0. The Morgan fingerprint density at radius 1 is 0.913 bits per heavy atom. The van der Waals surface area contributed by atoms with E-state index in [1.165, 1.54) is 57.8 Å². The number of hydroxylamine groups is 2. The van der Waals surface area contributed by atoms with Crippen LogP contribution in [0.4, 0.5) is 0 Å². The summed E-state index contributed by atoms with van der Waals surface area (Å²) < 4.78 is 5.42. The Balaban J connectivity index is 3.20. The van der Waals surface area contributed by atoms with Crippen molar-refractivity contribution in [3.63, 3.8) is 0 Å². The summed E-state index contributed by atoms with van der Waals surface area (Å²) in [5.74, 6) is 0. The fraction of sp³-hybridized carbons (Fsp3) is 1.00. The zero-order valence-electron chi connectivity index (χ0n) is 15.1. The van der Waals surface area contributed by atoms with E-state index in [-0.39, 0.29) is 24.8 Å². The number of quaternary nitrogens is 1. The molecule has 0 amide bonds. The molecule has 3 N–H and O–H groups in total. The molecule has 0 aliphatic heterocycles. The van der Waals surface area contributed by atoms with Crippen LogP contribution in [0, 0.1) is 5.21 Å². The van der Waals surface area contributed by atoms with Crippen molar-refractivity contribution >= 4 is 0 Å². The second-order valence-corrected chi connectivity index (χ2v) is 6.48. The molecule has 0 aliphatic carbocycles. The van der Waals surface area contributed by atoms with Gasteiger partial charge in [-0.25, -0.2) is 0 Å². The number of unbranched alkanes of at least 4 members (excludes halogenated alkanes) is 9. The van der Waals surface area contributed by atoms with Gasteiger partial charge in [0.1, 0.15) is 12.6 Å². The Labute approximate surface area is 142 Å². The summed E-state index contributed by atoms with van der Waals surface area (Å²) in [6.07, 6.45) is 12.7. The van der Waals surface area contributed by atoms with Gasteiger partial charge in [0, 0.05) is 19.6 Å². The van der Waals surface area contributed by atoms with Gasteiger partial charge in [0.05, 0.1) is 13.2 Å². The molecule has 0 aromatic rings. The Bertz CT molecular complexity index is 229. The van der Waals surface area contributed by atoms with Gasteiger partial charge in [-0.2, -0.15) is 0 Å². The molecule has 0 aromatic carbocycles. The minimum Gasteiger partial charge on any atom is -0.634 e. The van der Waals surface area contributed by atoms with Crippen LogP contribution < -0.4 is 5.06 Å². The lowest BCUT2D eigenvalue weighted by Gasteiger charge is -2.24. The maximum atomic E-state index is 11.4. The summed E-state index contributed by atoms with van der Waals surface area (Å²) in [6, 6.07) is 0. The zero-order chi connectivity index (χ0) is 17.2.